The zero-order chi connectivity index (χ0) is 13.7. The fourth-order valence-electron chi connectivity index (χ4n) is 2.17. The summed E-state index contributed by atoms with van der Waals surface area (Å²) in [5.74, 6) is -0.0508. The molecule has 1 fully saturated rings. The van der Waals surface area contributed by atoms with Gasteiger partial charge in [0.25, 0.3) is 5.91 Å². The van der Waals surface area contributed by atoms with E-state index >= 15 is 0 Å². The van der Waals surface area contributed by atoms with Crippen LogP contribution >= 0.6 is 11.3 Å². The molecule has 1 aromatic heterocycles. The van der Waals surface area contributed by atoms with Crippen LogP contribution in [0.25, 0.3) is 0 Å². The van der Waals surface area contributed by atoms with Gasteiger partial charge in [-0.2, -0.15) is 11.3 Å². The maximum Gasteiger partial charge on any atom is 0.252 e. The van der Waals surface area contributed by atoms with Crippen molar-refractivity contribution in [2.24, 2.45) is 5.73 Å². The highest BCUT2D eigenvalue weighted by atomic mass is 32.1. The molecule has 2 heterocycles. The Morgan fingerprint density at radius 3 is 3.05 bits per heavy atom. The van der Waals surface area contributed by atoms with Crippen LogP contribution in [0.4, 0.5) is 0 Å². The molecular weight excluding hydrogens is 262 g/mol. The molecule has 1 atom stereocenters. The normalized spacial score (nSPS) is 19.2. The molecule has 3 N–H and O–H groups in total. The Balaban J connectivity index is 1.70. The average molecular weight is 281 g/mol. The van der Waals surface area contributed by atoms with Crippen LogP contribution in [0, 0.1) is 0 Å². The van der Waals surface area contributed by atoms with Gasteiger partial charge in [-0.05, 0) is 24.3 Å². The third kappa shape index (κ3) is 4.04. The summed E-state index contributed by atoms with van der Waals surface area (Å²) in [6, 6.07) is 1.86. The maximum atomic E-state index is 11.9. The van der Waals surface area contributed by atoms with E-state index < -0.39 is 0 Å². The zero-order valence-corrected chi connectivity index (χ0v) is 11.6. The van der Waals surface area contributed by atoms with Crippen molar-refractivity contribution >= 4 is 23.2 Å². The first kappa shape index (κ1) is 14.0. The summed E-state index contributed by atoms with van der Waals surface area (Å²) in [6.07, 6.45) is 2.29. The SMILES string of the molecule is NC1CCCN(C(=O)CCNC(=O)c2ccsc2)C1. The van der Waals surface area contributed by atoms with E-state index in [-0.39, 0.29) is 17.9 Å². The number of nitrogens with one attached hydrogen (secondary N) is 1. The third-order valence-electron chi connectivity index (χ3n) is 3.22. The highest BCUT2D eigenvalue weighted by molar-refractivity contribution is 7.08. The number of hydrogen-bond donors (Lipinski definition) is 2. The number of thiophene rings is 1. The van der Waals surface area contributed by atoms with Crippen molar-refractivity contribution in [2.75, 3.05) is 19.6 Å². The lowest BCUT2D eigenvalue weighted by atomic mass is 10.1. The van der Waals surface area contributed by atoms with Gasteiger partial charge in [-0.3, -0.25) is 9.59 Å². The van der Waals surface area contributed by atoms with Crippen LogP contribution in [0.1, 0.15) is 29.6 Å². The summed E-state index contributed by atoms with van der Waals surface area (Å²) in [5, 5.41) is 6.40. The van der Waals surface area contributed by atoms with Crippen LogP contribution < -0.4 is 11.1 Å². The maximum absolute atomic E-state index is 11.9. The number of amides is 2. The smallest absolute Gasteiger partial charge is 0.252 e. The molecule has 5 nitrogen and oxygen atoms in total. The number of carbonyl (C=O) groups is 2. The molecule has 0 bridgehead atoms. The molecule has 6 heteroatoms. The van der Waals surface area contributed by atoms with Crippen LogP contribution in [0.3, 0.4) is 0 Å². The van der Waals surface area contributed by atoms with E-state index in [2.05, 4.69) is 5.32 Å². The lowest BCUT2D eigenvalue weighted by Crippen LogP contribution is -2.46. The first-order valence-corrected chi connectivity index (χ1v) is 7.45. The predicted molar refractivity (Wildman–Crippen MR) is 75.1 cm³/mol. The van der Waals surface area contributed by atoms with E-state index in [1.54, 1.807) is 16.3 Å². The minimum Gasteiger partial charge on any atom is -0.351 e. The van der Waals surface area contributed by atoms with E-state index in [4.69, 9.17) is 5.73 Å². The minimum absolute atomic E-state index is 0.0702. The fourth-order valence-corrected chi connectivity index (χ4v) is 2.81. The molecule has 0 radical (unpaired) electrons. The van der Waals surface area contributed by atoms with Crippen LogP contribution in [0.5, 0.6) is 0 Å². The molecule has 0 saturated carbocycles. The van der Waals surface area contributed by atoms with E-state index in [1.807, 2.05) is 5.38 Å². The van der Waals surface area contributed by atoms with Gasteiger partial charge in [0.05, 0.1) is 0 Å². The number of hydrogen-bond acceptors (Lipinski definition) is 4. The Bertz CT molecular complexity index is 433. The molecule has 104 valence electrons. The summed E-state index contributed by atoms with van der Waals surface area (Å²) in [6.45, 7) is 1.79. The molecule has 0 aromatic carbocycles. The Morgan fingerprint density at radius 2 is 2.37 bits per heavy atom. The predicted octanol–water partition coefficient (Wildman–Crippen LogP) is 0.818. The van der Waals surface area contributed by atoms with Gasteiger partial charge in [0, 0.05) is 43.0 Å². The van der Waals surface area contributed by atoms with Gasteiger partial charge < -0.3 is 16.0 Å². The molecular formula is C13H19N3O2S. The van der Waals surface area contributed by atoms with Crippen molar-refractivity contribution in [3.63, 3.8) is 0 Å². The van der Waals surface area contributed by atoms with Gasteiger partial charge in [0.1, 0.15) is 0 Å². The van der Waals surface area contributed by atoms with Crippen LogP contribution in [-0.2, 0) is 4.79 Å². The van der Waals surface area contributed by atoms with Crippen LogP contribution in [-0.4, -0.2) is 42.4 Å². The summed E-state index contributed by atoms with van der Waals surface area (Å²) >= 11 is 1.48. The third-order valence-corrected chi connectivity index (χ3v) is 3.90. The number of nitrogens with zero attached hydrogens (tertiary/aromatic N) is 1. The monoisotopic (exact) mass is 281 g/mol. The summed E-state index contributed by atoms with van der Waals surface area (Å²) in [5.41, 5.74) is 6.49. The molecule has 0 spiro atoms. The van der Waals surface area contributed by atoms with Crippen molar-refractivity contribution in [1.29, 1.82) is 0 Å². The van der Waals surface area contributed by atoms with Crippen molar-refractivity contribution in [3.05, 3.63) is 22.4 Å². The molecule has 1 aromatic rings. The fraction of sp³-hybridized carbons (Fsp3) is 0.538. The Kier molecular flexibility index (Phi) is 4.93. The second kappa shape index (κ2) is 6.68. The van der Waals surface area contributed by atoms with Crippen LogP contribution in [0.2, 0.25) is 0 Å². The van der Waals surface area contributed by atoms with E-state index in [0.717, 1.165) is 19.4 Å². The average Bonchev–Trinajstić information content (AvgIpc) is 2.92. The number of piperidine rings is 1. The van der Waals surface area contributed by atoms with Crippen molar-refractivity contribution in [1.82, 2.24) is 10.2 Å². The molecule has 2 amide bonds. The second-order valence-corrected chi connectivity index (χ2v) is 5.54. The summed E-state index contributed by atoms with van der Waals surface area (Å²) in [7, 11) is 0. The first-order valence-electron chi connectivity index (χ1n) is 6.50. The van der Waals surface area contributed by atoms with Gasteiger partial charge in [-0.15, -0.1) is 0 Å². The Hall–Kier alpha value is -1.40. The standard InChI is InChI=1S/C13H19N3O2S/c14-11-2-1-6-16(8-11)12(17)3-5-15-13(18)10-4-7-19-9-10/h4,7,9,11H,1-3,5-6,8,14H2,(H,15,18). The minimum atomic E-state index is -0.121. The largest absolute Gasteiger partial charge is 0.351 e. The molecule has 1 aliphatic heterocycles. The Morgan fingerprint density at radius 1 is 1.53 bits per heavy atom. The topological polar surface area (TPSA) is 75.4 Å². The zero-order valence-electron chi connectivity index (χ0n) is 10.8. The van der Waals surface area contributed by atoms with Gasteiger partial charge in [0.15, 0.2) is 0 Å². The van der Waals surface area contributed by atoms with Crippen LogP contribution in [0.15, 0.2) is 16.8 Å². The second-order valence-electron chi connectivity index (χ2n) is 4.76. The summed E-state index contributed by atoms with van der Waals surface area (Å²) in [4.78, 5) is 25.4. The van der Waals surface area contributed by atoms with Crippen molar-refractivity contribution in [3.8, 4) is 0 Å². The quantitative estimate of drug-likeness (QED) is 0.858. The number of likely N-dealkylation sites (tertiary alicyclic amines) is 1. The molecule has 19 heavy (non-hydrogen) atoms. The molecule has 0 aliphatic carbocycles. The molecule has 1 saturated heterocycles. The lowest BCUT2D eigenvalue weighted by molar-refractivity contribution is -0.132. The van der Waals surface area contributed by atoms with E-state index in [0.29, 0.717) is 25.1 Å². The highest BCUT2D eigenvalue weighted by Crippen LogP contribution is 2.09. The van der Waals surface area contributed by atoms with Gasteiger partial charge >= 0.3 is 0 Å². The number of nitrogens with two attached hydrogens (primary N) is 1. The molecule has 1 unspecified atom stereocenters. The highest BCUT2D eigenvalue weighted by Gasteiger charge is 2.20. The van der Waals surface area contributed by atoms with Crippen molar-refractivity contribution in [2.45, 2.75) is 25.3 Å². The van der Waals surface area contributed by atoms with Gasteiger partial charge in [-0.25, -0.2) is 0 Å². The van der Waals surface area contributed by atoms with Crippen molar-refractivity contribution < 1.29 is 9.59 Å². The number of carbonyl (C=O) groups excluding carboxylic acids is 2. The first-order chi connectivity index (χ1) is 9.16. The van der Waals surface area contributed by atoms with E-state index in [1.165, 1.54) is 11.3 Å². The van der Waals surface area contributed by atoms with Gasteiger partial charge in [0.2, 0.25) is 5.91 Å². The Labute approximate surface area is 116 Å². The lowest BCUT2D eigenvalue weighted by Gasteiger charge is -2.30. The summed E-state index contributed by atoms with van der Waals surface area (Å²) < 4.78 is 0. The molecule has 2 rings (SSSR count). The van der Waals surface area contributed by atoms with Gasteiger partial charge in [-0.1, -0.05) is 0 Å². The number of rotatable bonds is 4. The van der Waals surface area contributed by atoms with E-state index in [9.17, 15) is 9.59 Å². The molecule has 1 aliphatic rings.